The van der Waals surface area contributed by atoms with E-state index in [2.05, 4.69) is 61.8 Å². The number of nitrogens with zero attached hydrogens (tertiary/aromatic N) is 4. The maximum Gasteiger partial charge on any atom is 0.194 e. The number of hydrogen-bond donors (Lipinski definition) is 1. The molecule has 154 valence electrons. The summed E-state index contributed by atoms with van der Waals surface area (Å²) >= 11 is 3.54. The van der Waals surface area contributed by atoms with Gasteiger partial charge in [0.15, 0.2) is 5.96 Å². The van der Waals surface area contributed by atoms with Crippen molar-refractivity contribution in [1.29, 1.82) is 0 Å². The minimum absolute atomic E-state index is 0. The highest BCUT2D eigenvalue weighted by Gasteiger charge is 2.28. The van der Waals surface area contributed by atoms with Gasteiger partial charge < -0.3 is 19.5 Å². The Kier molecular flexibility index (Phi) is 9.07. The predicted molar refractivity (Wildman–Crippen MR) is 128 cm³/mol. The van der Waals surface area contributed by atoms with Gasteiger partial charge in [-0.3, -0.25) is 0 Å². The van der Waals surface area contributed by atoms with Crippen molar-refractivity contribution < 1.29 is 4.74 Å². The van der Waals surface area contributed by atoms with Crippen molar-refractivity contribution in [3.05, 3.63) is 47.0 Å². The van der Waals surface area contributed by atoms with Gasteiger partial charge in [-0.05, 0) is 37.5 Å². The quantitative estimate of drug-likeness (QED) is 0.335. The van der Waals surface area contributed by atoms with Crippen LogP contribution in [0.15, 0.2) is 46.4 Å². The molecule has 1 aliphatic rings. The van der Waals surface area contributed by atoms with Crippen LogP contribution in [0.25, 0.3) is 0 Å². The van der Waals surface area contributed by atoms with Crippen LogP contribution in [0.1, 0.15) is 31.9 Å². The number of aliphatic imine (C=N–C) groups is 1. The van der Waals surface area contributed by atoms with Crippen LogP contribution in [-0.2, 0) is 6.54 Å². The number of nitrogens with one attached hydrogen (secondary N) is 1. The van der Waals surface area contributed by atoms with Gasteiger partial charge in [-0.1, -0.05) is 22.9 Å². The first-order chi connectivity index (χ1) is 13.1. The number of rotatable bonds is 5. The van der Waals surface area contributed by atoms with Crippen molar-refractivity contribution in [2.24, 2.45) is 10.9 Å². The molecule has 1 aromatic heterocycles. The number of ether oxygens (including phenoxy) is 1. The van der Waals surface area contributed by atoms with Crippen LogP contribution in [0.2, 0.25) is 0 Å². The Morgan fingerprint density at radius 3 is 2.93 bits per heavy atom. The minimum Gasteiger partial charge on any atom is -0.496 e. The summed E-state index contributed by atoms with van der Waals surface area (Å²) in [5, 5.41) is 3.45. The van der Waals surface area contributed by atoms with Crippen molar-refractivity contribution in [2.45, 2.75) is 32.9 Å². The highest BCUT2D eigenvalue weighted by Crippen LogP contribution is 2.28. The first kappa shape index (κ1) is 23.0. The number of piperidine rings is 1. The van der Waals surface area contributed by atoms with Crippen LogP contribution in [-0.4, -0.2) is 47.2 Å². The van der Waals surface area contributed by atoms with Crippen molar-refractivity contribution in [3.8, 4) is 5.75 Å². The van der Waals surface area contributed by atoms with Crippen LogP contribution >= 0.6 is 39.9 Å². The van der Waals surface area contributed by atoms with Crippen molar-refractivity contribution in [1.82, 2.24) is 19.8 Å². The molecule has 0 amide bonds. The standard InChI is InChI=1S/C20H28BrN5O.HI/c1-4-23-20(24-12-16-11-17(21)5-6-19(16)27-3)25-9-7-15(2)18(13-25)26-10-8-22-14-26;/h5-6,8,10-11,14-15,18H,4,7,9,12-13H2,1-3H3,(H,23,24);1H. The number of hydrogen-bond acceptors (Lipinski definition) is 3. The molecule has 6 nitrogen and oxygen atoms in total. The molecule has 0 saturated carbocycles. The third-order valence-corrected chi connectivity index (χ3v) is 5.60. The number of halogens is 2. The third-order valence-electron chi connectivity index (χ3n) is 5.10. The fourth-order valence-electron chi connectivity index (χ4n) is 3.55. The van der Waals surface area contributed by atoms with Gasteiger partial charge in [-0.2, -0.15) is 0 Å². The summed E-state index contributed by atoms with van der Waals surface area (Å²) in [7, 11) is 1.70. The topological polar surface area (TPSA) is 54.7 Å². The highest BCUT2D eigenvalue weighted by atomic mass is 127. The number of methoxy groups -OCH3 is 1. The molecule has 1 aromatic carbocycles. The SMILES string of the molecule is CCNC(=NCc1cc(Br)ccc1OC)N1CCC(C)C(n2ccnc2)C1.I. The molecule has 1 fully saturated rings. The predicted octanol–water partition coefficient (Wildman–Crippen LogP) is 4.32. The Bertz CT molecular complexity index is 768. The largest absolute Gasteiger partial charge is 0.496 e. The van der Waals surface area contributed by atoms with Gasteiger partial charge in [0.2, 0.25) is 0 Å². The molecule has 2 aromatic rings. The summed E-state index contributed by atoms with van der Waals surface area (Å²) in [6.07, 6.45) is 6.96. The van der Waals surface area contributed by atoms with Gasteiger partial charge >= 0.3 is 0 Å². The second-order valence-electron chi connectivity index (χ2n) is 6.92. The smallest absolute Gasteiger partial charge is 0.194 e. The zero-order valence-corrected chi connectivity index (χ0v) is 20.6. The first-order valence-electron chi connectivity index (χ1n) is 9.45. The molecule has 1 N–H and O–H groups in total. The molecule has 28 heavy (non-hydrogen) atoms. The monoisotopic (exact) mass is 561 g/mol. The van der Waals surface area contributed by atoms with E-state index in [1.807, 2.05) is 24.7 Å². The molecule has 2 heterocycles. The second kappa shape index (κ2) is 11.0. The highest BCUT2D eigenvalue weighted by molar-refractivity contribution is 14.0. The van der Waals surface area contributed by atoms with E-state index in [-0.39, 0.29) is 24.0 Å². The Morgan fingerprint density at radius 2 is 2.25 bits per heavy atom. The second-order valence-corrected chi connectivity index (χ2v) is 7.83. The van der Waals surface area contributed by atoms with Crippen LogP contribution in [0, 0.1) is 5.92 Å². The van der Waals surface area contributed by atoms with E-state index in [4.69, 9.17) is 9.73 Å². The molecular formula is C20H29BrIN5O. The Labute approximate surface area is 192 Å². The minimum atomic E-state index is 0. The molecule has 2 atom stereocenters. The summed E-state index contributed by atoms with van der Waals surface area (Å²) in [4.78, 5) is 11.5. The lowest BCUT2D eigenvalue weighted by Crippen LogP contribution is -2.49. The molecule has 8 heteroatoms. The number of imidazole rings is 1. The van der Waals surface area contributed by atoms with Gasteiger partial charge in [0, 0.05) is 42.1 Å². The van der Waals surface area contributed by atoms with Gasteiger partial charge in [-0.15, -0.1) is 24.0 Å². The molecule has 1 saturated heterocycles. The summed E-state index contributed by atoms with van der Waals surface area (Å²) in [6.45, 7) is 7.78. The van der Waals surface area contributed by atoms with E-state index in [1.165, 1.54) is 0 Å². The van der Waals surface area contributed by atoms with Gasteiger partial charge in [0.1, 0.15) is 5.75 Å². The molecule has 0 radical (unpaired) electrons. The summed E-state index contributed by atoms with van der Waals surface area (Å²) in [6, 6.07) is 6.43. The van der Waals surface area contributed by atoms with E-state index in [9.17, 15) is 0 Å². The van der Waals surface area contributed by atoms with Crippen molar-refractivity contribution >= 4 is 45.9 Å². The van der Waals surface area contributed by atoms with E-state index >= 15 is 0 Å². The lowest BCUT2D eigenvalue weighted by atomic mass is 9.93. The maximum absolute atomic E-state index is 5.48. The van der Waals surface area contributed by atoms with Crippen LogP contribution in [0.3, 0.4) is 0 Å². The zero-order valence-electron chi connectivity index (χ0n) is 16.6. The normalized spacial score (nSPS) is 19.9. The maximum atomic E-state index is 5.48. The molecule has 0 bridgehead atoms. The Balaban J connectivity index is 0.00000280. The summed E-state index contributed by atoms with van der Waals surface area (Å²) < 4.78 is 8.74. The molecule has 1 aliphatic heterocycles. The van der Waals surface area contributed by atoms with Gasteiger partial charge in [0.25, 0.3) is 0 Å². The summed E-state index contributed by atoms with van der Waals surface area (Å²) in [5.41, 5.74) is 1.07. The first-order valence-corrected chi connectivity index (χ1v) is 10.2. The van der Waals surface area contributed by atoms with Crippen LogP contribution in [0.4, 0.5) is 0 Å². The number of guanidine groups is 1. The lowest BCUT2D eigenvalue weighted by molar-refractivity contribution is 0.189. The average molecular weight is 562 g/mol. The van der Waals surface area contributed by atoms with Crippen LogP contribution < -0.4 is 10.1 Å². The Morgan fingerprint density at radius 1 is 1.43 bits per heavy atom. The van der Waals surface area contributed by atoms with Gasteiger partial charge in [0.05, 0.1) is 26.0 Å². The molecule has 0 aliphatic carbocycles. The van der Waals surface area contributed by atoms with E-state index in [0.29, 0.717) is 18.5 Å². The number of likely N-dealkylation sites (tertiary alicyclic amines) is 1. The fraction of sp³-hybridized carbons (Fsp3) is 0.500. The zero-order chi connectivity index (χ0) is 19.2. The molecule has 2 unspecified atom stereocenters. The van der Waals surface area contributed by atoms with Crippen LogP contribution in [0.5, 0.6) is 5.75 Å². The lowest BCUT2D eigenvalue weighted by Gasteiger charge is -2.39. The Hall–Kier alpha value is -1.29. The summed E-state index contributed by atoms with van der Waals surface area (Å²) in [5.74, 6) is 2.43. The number of benzene rings is 1. The average Bonchev–Trinajstić information content (AvgIpc) is 3.20. The molecule has 0 spiro atoms. The van der Waals surface area contributed by atoms with E-state index < -0.39 is 0 Å². The number of aromatic nitrogens is 2. The van der Waals surface area contributed by atoms with Crippen molar-refractivity contribution in [3.63, 3.8) is 0 Å². The van der Waals surface area contributed by atoms with E-state index in [1.54, 1.807) is 7.11 Å². The van der Waals surface area contributed by atoms with Crippen molar-refractivity contribution in [2.75, 3.05) is 26.7 Å². The molecule has 3 rings (SSSR count). The van der Waals surface area contributed by atoms with Gasteiger partial charge in [-0.25, -0.2) is 9.98 Å². The van der Waals surface area contributed by atoms with E-state index in [0.717, 1.165) is 47.8 Å². The third kappa shape index (κ3) is 5.62. The molecular weight excluding hydrogens is 533 g/mol. The fourth-order valence-corrected chi connectivity index (χ4v) is 3.96.